The van der Waals surface area contributed by atoms with Crippen molar-refractivity contribution in [3.8, 4) is 0 Å². The summed E-state index contributed by atoms with van der Waals surface area (Å²) in [5.74, 6) is -1.03. The Morgan fingerprint density at radius 2 is 0.741 bits per heavy atom. The van der Waals surface area contributed by atoms with Gasteiger partial charge >= 0.3 is 17.9 Å². The smallest absolute Gasteiger partial charge is 0.309 e. The minimum atomic E-state index is -0.805. The molecule has 6 heteroatoms. The van der Waals surface area contributed by atoms with Gasteiger partial charge in [0.15, 0.2) is 6.10 Å². The molecule has 0 aliphatic heterocycles. The molecule has 0 heterocycles. The molecule has 0 radical (unpaired) electrons. The van der Waals surface area contributed by atoms with Crippen LogP contribution < -0.4 is 0 Å². The van der Waals surface area contributed by atoms with Crippen LogP contribution in [0.2, 0.25) is 0 Å². The maximum Gasteiger partial charge on any atom is 0.309 e. The second kappa shape index (κ2) is 47.1. The summed E-state index contributed by atoms with van der Waals surface area (Å²) in [6.07, 6.45) is 55.6. The quantitative estimate of drug-likeness (QED) is 0.0264. The normalized spacial score (nSPS) is 12.4. The van der Waals surface area contributed by atoms with Crippen molar-refractivity contribution in [2.75, 3.05) is 13.2 Å². The average Bonchev–Trinajstić information content (AvgIpc) is 3.22. The fraction of sp³-hybridized carbons (Fsp3) is 0.788. The van der Waals surface area contributed by atoms with Gasteiger partial charge in [-0.2, -0.15) is 0 Å². The lowest BCUT2D eigenvalue weighted by Crippen LogP contribution is -2.30. The molecule has 0 aromatic rings. The van der Waals surface area contributed by atoms with Crippen LogP contribution >= 0.6 is 0 Å². The van der Waals surface area contributed by atoms with E-state index >= 15 is 0 Å². The van der Waals surface area contributed by atoms with E-state index in [2.05, 4.69) is 57.2 Å². The van der Waals surface area contributed by atoms with E-state index in [0.29, 0.717) is 12.8 Å². The lowest BCUT2D eigenvalue weighted by molar-refractivity contribution is -0.166. The van der Waals surface area contributed by atoms with Gasteiger partial charge in [-0.3, -0.25) is 14.4 Å². The minimum absolute atomic E-state index is 0.100. The Hall–Kier alpha value is -2.63. The molecule has 0 aliphatic rings. The number of allylic oxidation sites excluding steroid dienone is 7. The van der Waals surface area contributed by atoms with E-state index in [-0.39, 0.29) is 31.6 Å². The first-order valence-corrected chi connectivity index (χ1v) is 24.6. The number of rotatable bonds is 44. The van der Waals surface area contributed by atoms with Gasteiger partial charge in [0.05, 0.1) is 6.42 Å². The number of ether oxygens (including phenoxy) is 3. The Morgan fingerprint density at radius 3 is 1.19 bits per heavy atom. The highest BCUT2D eigenvalue weighted by molar-refractivity contribution is 5.72. The van der Waals surface area contributed by atoms with Gasteiger partial charge in [0.25, 0.3) is 0 Å². The molecule has 0 saturated carbocycles. The van der Waals surface area contributed by atoms with Gasteiger partial charge in [0.2, 0.25) is 0 Å². The molecular formula is C52H92O6. The van der Waals surface area contributed by atoms with Gasteiger partial charge in [0, 0.05) is 12.8 Å². The Labute approximate surface area is 358 Å². The predicted molar refractivity (Wildman–Crippen MR) is 247 cm³/mol. The van der Waals surface area contributed by atoms with Crippen molar-refractivity contribution in [3.63, 3.8) is 0 Å². The molecular weight excluding hydrogens is 721 g/mol. The molecule has 0 spiro atoms. The van der Waals surface area contributed by atoms with Crippen LogP contribution in [0.15, 0.2) is 48.6 Å². The molecule has 1 atom stereocenters. The zero-order valence-electron chi connectivity index (χ0n) is 38.3. The van der Waals surface area contributed by atoms with Crippen LogP contribution in [-0.2, 0) is 28.6 Å². The van der Waals surface area contributed by atoms with Gasteiger partial charge in [0.1, 0.15) is 13.2 Å². The lowest BCUT2D eigenvalue weighted by atomic mass is 10.0. The first kappa shape index (κ1) is 55.4. The van der Waals surface area contributed by atoms with Crippen molar-refractivity contribution in [2.45, 2.75) is 252 Å². The van der Waals surface area contributed by atoms with E-state index in [0.717, 1.165) is 57.8 Å². The van der Waals surface area contributed by atoms with Crippen molar-refractivity contribution < 1.29 is 28.6 Å². The summed E-state index contributed by atoms with van der Waals surface area (Å²) in [7, 11) is 0. The minimum Gasteiger partial charge on any atom is -0.462 e. The zero-order valence-corrected chi connectivity index (χ0v) is 38.3. The first-order chi connectivity index (χ1) is 28.5. The summed E-state index contributed by atoms with van der Waals surface area (Å²) in [6.45, 7) is 6.42. The van der Waals surface area contributed by atoms with Crippen LogP contribution in [0.3, 0.4) is 0 Å². The molecule has 58 heavy (non-hydrogen) atoms. The van der Waals surface area contributed by atoms with Gasteiger partial charge in [-0.15, -0.1) is 0 Å². The standard InChI is InChI=1S/C52H92O6/c1-4-7-10-13-16-19-21-23-25-26-27-29-30-33-36-39-42-45-51(54)57-48-49(47-56-50(53)44-41-38-35-32-18-15-12-9-6-3)58-52(55)46-43-40-37-34-31-28-24-22-20-17-14-11-8-5-2/h9,12,18,23,25,32,38,41,49H,4-8,10-11,13-17,19-22,24,26-31,33-37,39-40,42-48H2,1-3H3/b12-9-,25-23-,32-18-,41-38-. The van der Waals surface area contributed by atoms with Crippen molar-refractivity contribution in [3.05, 3.63) is 48.6 Å². The molecule has 0 rings (SSSR count). The predicted octanol–water partition coefficient (Wildman–Crippen LogP) is 15.9. The number of carbonyl (C=O) groups is 3. The molecule has 1 unspecified atom stereocenters. The Balaban J connectivity index is 4.35. The van der Waals surface area contributed by atoms with Gasteiger partial charge in [-0.25, -0.2) is 0 Å². The van der Waals surface area contributed by atoms with E-state index in [1.165, 1.54) is 148 Å². The van der Waals surface area contributed by atoms with Crippen molar-refractivity contribution in [1.82, 2.24) is 0 Å². The van der Waals surface area contributed by atoms with Crippen LogP contribution in [0.4, 0.5) is 0 Å². The molecule has 6 nitrogen and oxygen atoms in total. The summed E-state index contributed by atoms with van der Waals surface area (Å²) in [5, 5.41) is 0. The molecule has 0 aromatic carbocycles. The number of carbonyl (C=O) groups excluding carboxylic acids is 3. The Morgan fingerprint density at radius 1 is 0.379 bits per heavy atom. The largest absolute Gasteiger partial charge is 0.462 e. The van der Waals surface area contributed by atoms with Crippen molar-refractivity contribution in [2.24, 2.45) is 0 Å². The molecule has 0 bridgehead atoms. The fourth-order valence-corrected chi connectivity index (χ4v) is 6.91. The van der Waals surface area contributed by atoms with E-state index in [9.17, 15) is 14.4 Å². The van der Waals surface area contributed by atoms with Crippen LogP contribution in [0.25, 0.3) is 0 Å². The molecule has 336 valence electrons. The molecule has 0 N–H and O–H groups in total. The third kappa shape index (κ3) is 44.5. The fourth-order valence-electron chi connectivity index (χ4n) is 6.91. The van der Waals surface area contributed by atoms with E-state index in [1.54, 1.807) is 6.08 Å². The Bertz CT molecular complexity index is 1030. The second-order valence-corrected chi connectivity index (χ2v) is 16.4. The van der Waals surface area contributed by atoms with Crippen LogP contribution in [0.5, 0.6) is 0 Å². The summed E-state index contributed by atoms with van der Waals surface area (Å²) < 4.78 is 16.6. The summed E-state index contributed by atoms with van der Waals surface area (Å²) >= 11 is 0. The van der Waals surface area contributed by atoms with Crippen molar-refractivity contribution >= 4 is 17.9 Å². The van der Waals surface area contributed by atoms with Gasteiger partial charge < -0.3 is 14.2 Å². The monoisotopic (exact) mass is 813 g/mol. The molecule has 0 aliphatic carbocycles. The van der Waals surface area contributed by atoms with E-state index < -0.39 is 12.1 Å². The summed E-state index contributed by atoms with van der Waals surface area (Å²) in [6, 6.07) is 0. The maximum absolute atomic E-state index is 12.7. The third-order valence-corrected chi connectivity index (χ3v) is 10.6. The topological polar surface area (TPSA) is 78.9 Å². The van der Waals surface area contributed by atoms with Crippen LogP contribution in [0.1, 0.15) is 245 Å². The van der Waals surface area contributed by atoms with E-state index in [1.807, 2.05) is 6.08 Å². The number of esters is 3. The second-order valence-electron chi connectivity index (χ2n) is 16.4. The number of hydrogen-bond donors (Lipinski definition) is 0. The molecule has 0 saturated heterocycles. The SMILES string of the molecule is CC/C=C\C/C=C\C/C=C\CC(=O)OCC(COC(=O)CCCCCCCCC/C=C\CCCCCCCC)OC(=O)CCCCCCCCCCCCCCCC. The number of hydrogen-bond acceptors (Lipinski definition) is 6. The molecule has 0 fully saturated rings. The third-order valence-electron chi connectivity index (χ3n) is 10.6. The highest BCUT2D eigenvalue weighted by Gasteiger charge is 2.19. The van der Waals surface area contributed by atoms with Gasteiger partial charge in [-0.1, -0.05) is 217 Å². The van der Waals surface area contributed by atoms with Crippen LogP contribution in [0, 0.1) is 0 Å². The highest BCUT2D eigenvalue weighted by Crippen LogP contribution is 2.15. The summed E-state index contributed by atoms with van der Waals surface area (Å²) in [5.41, 5.74) is 0. The lowest BCUT2D eigenvalue weighted by Gasteiger charge is -2.18. The summed E-state index contributed by atoms with van der Waals surface area (Å²) in [4.78, 5) is 37.7. The maximum atomic E-state index is 12.7. The molecule has 0 amide bonds. The highest BCUT2D eigenvalue weighted by atomic mass is 16.6. The first-order valence-electron chi connectivity index (χ1n) is 24.6. The zero-order chi connectivity index (χ0) is 42.3. The van der Waals surface area contributed by atoms with E-state index in [4.69, 9.17) is 14.2 Å². The van der Waals surface area contributed by atoms with Crippen molar-refractivity contribution in [1.29, 1.82) is 0 Å². The number of unbranched alkanes of at least 4 members (excludes halogenated alkanes) is 26. The van der Waals surface area contributed by atoms with Gasteiger partial charge in [-0.05, 0) is 57.8 Å². The van der Waals surface area contributed by atoms with Crippen LogP contribution in [-0.4, -0.2) is 37.2 Å². The Kier molecular flexibility index (Phi) is 44.9. The average molecular weight is 813 g/mol. The molecule has 0 aromatic heterocycles.